The lowest BCUT2D eigenvalue weighted by Gasteiger charge is -2.33. The maximum Gasteiger partial charge on any atom is 0.337 e. The number of hydrogen-bond acceptors (Lipinski definition) is 7. The van der Waals surface area contributed by atoms with Crippen LogP contribution in [0.5, 0.6) is 0 Å². The minimum atomic E-state index is -0.535. The number of allylic oxidation sites excluding steroid dienone is 2. The van der Waals surface area contributed by atoms with Crippen LogP contribution < -0.4 is 5.32 Å². The molecule has 180 valence electrons. The highest BCUT2D eigenvalue weighted by atomic mass is 32.1. The third-order valence-corrected chi connectivity index (χ3v) is 7.44. The van der Waals surface area contributed by atoms with Crippen LogP contribution in [0.25, 0.3) is 0 Å². The predicted molar refractivity (Wildman–Crippen MR) is 133 cm³/mol. The molecule has 1 fully saturated rings. The van der Waals surface area contributed by atoms with Gasteiger partial charge in [-0.25, -0.2) is 9.59 Å². The van der Waals surface area contributed by atoms with Crippen molar-refractivity contribution in [1.82, 2.24) is 10.2 Å². The summed E-state index contributed by atoms with van der Waals surface area (Å²) in [6.07, 6.45) is 3.17. The van der Waals surface area contributed by atoms with E-state index in [4.69, 9.17) is 9.47 Å². The molecule has 2 aliphatic heterocycles. The summed E-state index contributed by atoms with van der Waals surface area (Å²) in [5.41, 5.74) is 3.24. The van der Waals surface area contributed by atoms with Crippen LogP contribution >= 0.6 is 11.3 Å². The molecule has 34 heavy (non-hydrogen) atoms. The highest BCUT2D eigenvalue weighted by Crippen LogP contribution is 2.41. The van der Waals surface area contributed by atoms with Gasteiger partial charge in [-0.05, 0) is 56.8 Å². The molecular formula is C27H32N2O4S. The van der Waals surface area contributed by atoms with Crippen molar-refractivity contribution in [2.45, 2.75) is 45.1 Å². The van der Waals surface area contributed by atoms with Crippen molar-refractivity contribution in [2.75, 3.05) is 26.7 Å². The highest BCUT2D eigenvalue weighted by molar-refractivity contribution is 7.10. The number of nitrogens with one attached hydrogen (secondary N) is 1. The summed E-state index contributed by atoms with van der Waals surface area (Å²) in [5.74, 6) is -1.40. The zero-order valence-electron chi connectivity index (χ0n) is 20.0. The number of thiophene rings is 1. The number of dihydropyridines is 1. The fourth-order valence-electron chi connectivity index (χ4n) is 4.83. The summed E-state index contributed by atoms with van der Waals surface area (Å²) in [6, 6.07) is 13.8. The third-order valence-electron chi connectivity index (χ3n) is 6.51. The predicted octanol–water partition coefficient (Wildman–Crippen LogP) is 4.93. The first-order valence-corrected chi connectivity index (χ1v) is 12.7. The zero-order valence-corrected chi connectivity index (χ0v) is 20.8. The monoisotopic (exact) mass is 480 g/mol. The lowest BCUT2D eigenvalue weighted by molar-refractivity contribution is -0.146. The number of piperidine rings is 1. The van der Waals surface area contributed by atoms with Crippen LogP contribution in [0.4, 0.5) is 0 Å². The number of ether oxygens (including phenoxy) is 2. The van der Waals surface area contributed by atoms with E-state index in [9.17, 15) is 9.59 Å². The molecule has 6 nitrogen and oxygen atoms in total. The van der Waals surface area contributed by atoms with Crippen LogP contribution in [0.2, 0.25) is 0 Å². The van der Waals surface area contributed by atoms with Gasteiger partial charge in [0.05, 0.1) is 24.2 Å². The van der Waals surface area contributed by atoms with Crippen molar-refractivity contribution in [1.29, 1.82) is 0 Å². The van der Waals surface area contributed by atoms with E-state index >= 15 is 0 Å². The first-order chi connectivity index (χ1) is 16.5. The van der Waals surface area contributed by atoms with E-state index in [0.717, 1.165) is 36.4 Å². The number of carbonyl (C=O) groups excluding carboxylic acids is 2. The highest BCUT2D eigenvalue weighted by Gasteiger charge is 2.39. The smallest absolute Gasteiger partial charge is 0.337 e. The first kappa shape index (κ1) is 24.2. The van der Waals surface area contributed by atoms with Gasteiger partial charge in [0.2, 0.25) is 0 Å². The van der Waals surface area contributed by atoms with Crippen LogP contribution in [-0.4, -0.2) is 43.6 Å². The molecule has 0 amide bonds. The first-order valence-electron chi connectivity index (χ1n) is 11.8. The second kappa shape index (κ2) is 11.0. The quantitative estimate of drug-likeness (QED) is 0.567. The van der Waals surface area contributed by atoms with Gasteiger partial charge in [0.1, 0.15) is 6.10 Å². The number of hydrogen-bond donors (Lipinski definition) is 1. The molecule has 0 aliphatic carbocycles. The number of nitrogens with zero attached hydrogens (tertiary/aromatic N) is 1. The summed E-state index contributed by atoms with van der Waals surface area (Å²) in [5, 5.41) is 5.16. The second-order valence-corrected chi connectivity index (χ2v) is 9.79. The third kappa shape index (κ3) is 5.26. The Bertz CT molecular complexity index is 1070. The number of methoxy groups -OCH3 is 1. The van der Waals surface area contributed by atoms with Crippen LogP contribution in [0.15, 0.2) is 70.4 Å². The molecule has 2 aromatic rings. The van der Waals surface area contributed by atoms with Gasteiger partial charge in [0, 0.05) is 22.8 Å². The summed E-state index contributed by atoms with van der Waals surface area (Å²) in [4.78, 5) is 29.8. The Morgan fingerprint density at radius 3 is 2.29 bits per heavy atom. The van der Waals surface area contributed by atoms with Gasteiger partial charge in [-0.15, -0.1) is 11.3 Å². The molecule has 0 radical (unpaired) electrons. The van der Waals surface area contributed by atoms with E-state index in [1.54, 1.807) is 0 Å². The molecule has 1 aromatic heterocycles. The molecule has 0 spiro atoms. The summed E-state index contributed by atoms with van der Waals surface area (Å²) >= 11 is 1.51. The topological polar surface area (TPSA) is 67.9 Å². The van der Waals surface area contributed by atoms with Crippen LogP contribution in [-0.2, 0) is 19.1 Å². The average Bonchev–Trinajstić information content (AvgIpc) is 3.38. The Balaban J connectivity index is 1.66. The van der Waals surface area contributed by atoms with E-state index in [1.165, 1.54) is 24.9 Å². The second-order valence-electron chi connectivity index (χ2n) is 8.81. The van der Waals surface area contributed by atoms with Crippen LogP contribution in [0.1, 0.15) is 55.6 Å². The molecule has 1 N–H and O–H groups in total. The number of likely N-dealkylation sites (tertiary alicyclic amines) is 1. The molecule has 0 unspecified atom stereocenters. The van der Waals surface area contributed by atoms with Gasteiger partial charge < -0.3 is 14.8 Å². The molecule has 7 heteroatoms. The number of esters is 2. The van der Waals surface area contributed by atoms with Gasteiger partial charge in [0.25, 0.3) is 0 Å². The molecule has 1 saturated heterocycles. The largest absolute Gasteiger partial charge is 0.466 e. The lowest BCUT2D eigenvalue weighted by atomic mass is 9.84. The van der Waals surface area contributed by atoms with E-state index in [0.29, 0.717) is 29.1 Å². The summed E-state index contributed by atoms with van der Waals surface area (Å²) < 4.78 is 11.3. The molecule has 4 rings (SSSR count). The van der Waals surface area contributed by atoms with Crippen molar-refractivity contribution in [3.8, 4) is 0 Å². The van der Waals surface area contributed by atoms with Crippen molar-refractivity contribution >= 4 is 23.3 Å². The van der Waals surface area contributed by atoms with Crippen molar-refractivity contribution < 1.29 is 19.1 Å². The normalized spacial score (nSPS) is 20.0. The van der Waals surface area contributed by atoms with Gasteiger partial charge in [-0.1, -0.05) is 42.8 Å². The average molecular weight is 481 g/mol. The number of rotatable bonds is 7. The maximum atomic E-state index is 13.8. The lowest BCUT2D eigenvalue weighted by Crippen LogP contribution is -2.36. The Morgan fingerprint density at radius 1 is 1.00 bits per heavy atom. The molecule has 2 atom stereocenters. The zero-order chi connectivity index (χ0) is 24.1. The molecule has 2 aliphatic rings. The summed E-state index contributed by atoms with van der Waals surface area (Å²) in [6.45, 7) is 6.36. The molecule has 3 heterocycles. The summed E-state index contributed by atoms with van der Waals surface area (Å²) in [7, 11) is 1.36. The fourth-order valence-corrected chi connectivity index (χ4v) is 5.68. The van der Waals surface area contributed by atoms with Gasteiger partial charge in [0.15, 0.2) is 0 Å². The Kier molecular flexibility index (Phi) is 7.85. The van der Waals surface area contributed by atoms with Gasteiger partial charge in [-0.3, -0.25) is 4.90 Å². The van der Waals surface area contributed by atoms with E-state index in [1.807, 2.05) is 61.7 Å². The Hall–Kier alpha value is -2.90. The Morgan fingerprint density at radius 2 is 1.68 bits per heavy atom. The van der Waals surface area contributed by atoms with Gasteiger partial charge in [-0.2, -0.15) is 0 Å². The van der Waals surface area contributed by atoms with Crippen LogP contribution in [0, 0.1) is 0 Å². The van der Waals surface area contributed by atoms with Crippen molar-refractivity contribution in [2.24, 2.45) is 0 Å². The van der Waals surface area contributed by atoms with E-state index in [-0.39, 0.29) is 0 Å². The van der Waals surface area contributed by atoms with Crippen molar-refractivity contribution in [3.05, 3.63) is 80.8 Å². The number of benzene rings is 1. The Labute approximate surface area is 205 Å². The molecule has 1 aromatic carbocycles. The van der Waals surface area contributed by atoms with Crippen molar-refractivity contribution in [3.63, 3.8) is 0 Å². The SMILES string of the molecule is COC(=O)C1=C(C)NC(C)=C(C(=O)O[C@@H](CN2CCCCC2)c2ccccc2)[C@@H]1c1cccs1. The molecule has 0 bridgehead atoms. The fraction of sp³-hybridized carbons (Fsp3) is 0.407. The van der Waals surface area contributed by atoms with Crippen LogP contribution in [0.3, 0.4) is 0 Å². The van der Waals surface area contributed by atoms with E-state index in [2.05, 4.69) is 10.2 Å². The molecule has 0 saturated carbocycles. The van der Waals surface area contributed by atoms with Gasteiger partial charge >= 0.3 is 11.9 Å². The van der Waals surface area contributed by atoms with E-state index < -0.39 is 24.0 Å². The minimum Gasteiger partial charge on any atom is -0.466 e. The molecular weight excluding hydrogens is 448 g/mol. The maximum absolute atomic E-state index is 13.8. The minimum absolute atomic E-state index is 0.398. The number of carbonyl (C=O) groups is 2. The standard InChI is InChI=1S/C27H32N2O4S/c1-18-23(26(30)32-3)25(22-13-10-16-34-22)24(19(2)28-18)27(31)33-21(20-11-6-4-7-12-20)17-29-14-8-5-9-15-29/h4,6-7,10-13,16,21,25,28H,5,8-9,14-15,17H2,1-3H3/t21-,25+/m0/s1.